The molecule has 0 aliphatic heterocycles. The van der Waals surface area contributed by atoms with Gasteiger partial charge in [-0.2, -0.15) is 0 Å². The second kappa shape index (κ2) is 8.58. The van der Waals surface area contributed by atoms with Crippen molar-refractivity contribution in [2.45, 2.75) is 45.6 Å². The smallest absolute Gasteiger partial charge is 0.229 e. The molecule has 1 aliphatic carbocycles. The minimum atomic E-state index is -0.201. The lowest BCUT2D eigenvalue weighted by molar-refractivity contribution is -0.123. The molecule has 2 aromatic carbocycles. The average molecular weight is 443 g/mol. The van der Waals surface area contributed by atoms with Gasteiger partial charge in [0, 0.05) is 23.5 Å². The number of aromatic nitrogens is 2. The number of hydrogen-bond acceptors (Lipinski definition) is 4. The fourth-order valence-corrected chi connectivity index (χ4v) is 4.65. The molecule has 1 unspecified atom stereocenters. The van der Waals surface area contributed by atoms with E-state index in [1.54, 1.807) is 6.07 Å². The molecular formula is C26H26N4O3. The summed E-state index contributed by atoms with van der Waals surface area (Å²) < 4.78 is 5.88. The van der Waals surface area contributed by atoms with Gasteiger partial charge in [-0.25, -0.2) is 4.98 Å². The molecule has 0 saturated heterocycles. The molecule has 2 amide bonds. The number of aryl methyl sites for hydroxylation is 2. The van der Waals surface area contributed by atoms with Crippen LogP contribution in [-0.2, 0) is 22.6 Å². The van der Waals surface area contributed by atoms with Gasteiger partial charge in [0.05, 0.1) is 23.7 Å². The number of anilines is 1. The predicted molar refractivity (Wildman–Crippen MR) is 127 cm³/mol. The molecule has 2 aromatic heterocycles. The summed E-state index contributed by atoms with van der Waals surface area (Å²) in [5.41, 5.74) is 5.37. The number of nitrogens with one attached hydrogen (secondary N) is 3. The van der Waals surface area contributed by atoms with Gasteiger partial charge in [-0.1, -0.05) is 30.3 Å². The Morgan fingerprint density at radius 1 is 1.15 bits per heavy atom. The largest absolute Gasteiger partial charge is 0.441 e. The minimum absolute atomic E-state index is 0.00916. The van der Waals surface area contributed by atoms with Crippen molar-refractivity contribution >= 4 is 28.4 Å². The molecule has 1 aliphatic rings. The highest BCUT2D eigenvalue weighted by Gasteiger charge is 2.29. The Morgan fingerprint density at radius 2 is 1.94 bits per heavy atom. The zero-order valence-corrected chi connectivity index (χ0v) is 18.7. The first-order valence-electron chi connectivity index (χ1n) is 11.2. The molecule has 2 heterocycles. The molecular weight excluding hydrogens is 416 g/mol. The van der Waals surface area contributed by atoms with Crippen LogP contribution in [0, 0.1) is 6.92 Å². The van der Waals surface area contributed by atoms with Crippen LogP contribution in [0.1, 0.15) is 48.4 Å². The number of benzene rings is 2. The van der Waals surface area contributed by atoms with E-state index in [1.807, 2.05) is 37.3 Å². The third kappa shape index (κ3) is 4.02. The molecule has 7 nitrogen and oxygen atoms in total. The van der Waals surface area contributed by atoms with Crippen LogP contribution in [0.2, 0.25) is 0 Å². The van der Waals surface area contributed by atoms with Crippen LogP contribution in [0.25, 0.3) is 22.4 Å². The highest BCUT2D eigenvalue weighted by molar-refractivity contribution is 5.93. The monoisotopic (exact) mass is 442 g/mol. The maximum absolute atomic E-state index is 13.1. The summed E-state index contributed by atoms with van der Waals surface area (Å²) in [6.45, 7) is 3.57. The quantitative estimate of drug-likeness (QED) is 0.412. The summed E-state index contributed by atoms with van der Waals surface area (Å²) in [6.07, 6.45) is 2.79. The van der Waals surface area contributed by atoms with Gasteiger partial charge in [0.2, 0.25) is 17.7 Å². The van der Waals surface area contributed by atoms with Crippen molar-refractivity contribution in [3.05, 3.63) is 71.2 Å². The number of carbonyl (C=O) groups is 2. The van der Waals surface area contributed by atoms with Crippen molar-refractivity contribution in [3.63, 3.8) is 0 Å². The van der Waals surface area contributed by atoms with Crippen LogP contribution in [0.3, 0.4) is 0 Å². The maximum Gasteiger partial charge on any atom is 0.229 e. The topological polar surface area (TPSA) is 100 Å². The number of rotatable bonds is 5. The highest BCUT2D eigenvalue weighted by atomic mass is 16.4. The summed E-state index contributed by atoms with van der Waals surface area (Å²) in [6, 6.07) is 15.6. The van der Waals surface area contributed by atoms with Gasteiger partial charge in [-0.05, 0) is 49.9 Å². The third-order valence-electron chi connectivity index (χ3n) is 6.22. The van der Waals surface area contributed by atoms with E-state index in [0.717, 1.165) is 30.5 Å². The molecule has 4 aromatic rings. The molecule has 5 rings (SSSR count). The highest BCUT2D eigenvalue weighted by Crippen LogP contribution is 2.36. The average Bonchev–Trinajstić information content (AvgIpc) is 3.37. The second-order valence-corrected chi connectivity index (χ2v) is 8.47. The zero-order valence-electron chi connectivity index (χ0n) is 18.7. The Kier molecular flexibility index (Phi) is 5.46. The Labute approximate surface area is 191 Å². The first-order valence-corrected chi connectivity index (χ1v) is 11.2. The Morgan fingerprint density at radius 3 is 2.79 bits per heavy atom. The second-order valence-electron chi connectivity index (χ2n) is 8.47. The lowest BCUT2D eigenvalue weighted by atomic mass is 9.86. The molecule has 1 atom stereocenters. The summed E-state index contributed by atoms with van der Waals surface area (Å²) in [4.78, 5) is 32.7. The van der Waals surface area contributed by atoms with Crippen molar-refractivity contribution in [2.24, 2.45) is 0 Å². The lowest BCUT2D eigenvalue weighted by Gasteiger charge is -2.21. The van der Waals surface area contributed by atoms with E-state index in [-0.39, 0.29) is 24.3 Å². The van der Waals surface area contributed by atoms with Gasteiger partial charge in [0.25, 0.3) is 0 Å². The molecule has 3 N–H and O–H groups in total. The van der Waals surface area contributed by atoms with Crippen molar-refractivity contribution in [2.75, 3.05) is 5.32 Å². The summed E-state index contributed by atoms with van der Waals surface area (Å²) in [7, 11) is 0. The van der Waals surface area contributed by atoms with Crippen LogP contribution in [-0.4, -0.2) is 21.8 Å². The molecule has 0 bridgehead atoms. The van der Waals surface area contributed by atoms with E-state index in [2.05, 4.69) is 32.7 Å². The normalized spacial score (nSPS) is 15.3. The van der Waals surface area contributed by atoms with Gasteiger partial charge in [-0.3, -0.25) is 9.59 Å². The molecule has 0 spiro atoms. The number of para-hydroxylation sites is 2. The minimum Gasteiger partial charge on any atom is -0.441 e. The summed E-state index contributed by atoms with van der Waals surface area (Å²) >= 11 is 0. The third-order valence-corrected chi connectivity index (χ3v) is 6.22. The number of fused-ring (bicyclic) bond motifs is 3. The van der Waals surface area contributed by atoms with E-state index in [9.17, 15) is 9.59 Å². The zero-order chi connectivity index (χ0) is 22.9. The molecule has 168 valence electrons. The van der Waals surface area contributed by atoms with Gasteiger partial charge >= 0.3 is 0 Å². The number of amides is 2. The van der Waals surface area contributed by atoms with Gasteiger partial charge in [0.15, 0.2) is 0 Å². The van der Waals surface area contributed by atoms with Crippen LogP contribution >= 0.6 is 0 Å². The molecule has 33 heavy (non-hydrogen) atoms. The standard InChI is InChI=1S/C26H26N4O3/c1-15-23(30-26(33-15)19-9-4-6-13-22(19)28-16(2)31)14-27-25(32)20-11-7-10-18-17-8-3-5-12-21(17)29-24(18)20/h3-6,8-9,12-13,20,29H,7,10-11,14H2,1-2H3,(H,27,32)(H,28,31). The van der Waals surface area contributed by atoms with Crippen molar-refractivity contribution in [3.8, 4) is 11.5 Å². The number of hydrogen-bond donors (Lipinski definition) is 3. The molecule has 0 fully saturated rings. The van der Waals surface area contributed by atoms with Gasteiger partial charge < -0.3 is 20.0 Å². The number of aromatic amines is 1. The van der Waals surface area contributed by atoms with Crippen molar-refractivity contribution < 1.29 is 14.0 Å². The molecule has 7 heteroatoms. The molecule has 0 saturated carbocycles. The maximum atomic E-state index is 13.1. The van der Waals surface area contributed by atoms with Crippen LogP contribution in [0.15, 0.2) is 52.9 Å². The SMILES string of the molecule is CC(=O)Nc1ccccc1-c1nc(CNC(=O)C2CCCc3c2[nH]c2ccccc32)c(C)o1. The summed E-state index contributed by atoms with van der Waals surface area (Å²) in [5, 5.41) is 7.07. The number of nitrogens with zero attached hydrogens (tertiary/aromatic N) is 1. The van der Waals surface area contributed by atoms with E-state index in [0.29, 0.717) is 28.6 Å². The fourth-order valence-electron chi connectivity index (χ4n) is 4.65. The first kappa shape index (κ1) is 21.0. The van der Waals surface area contributed by atoms with E-state index >= 15 is 0 Å². The first-order chi connectivity index (χ1) is 16.0. The number of carbonyl (C=O) groups excluding carboxylic acids is 2. The van der Waals surface area contributed by atoms with E-state index in [1.165, 1.54) is 17.9 Å². The van der Waals surface area contributed by atoms with Crippen molar-refractivity contribution in [1.82, 2.24) is 15.3 Å². The van der Waals surface area contributed by atoms with Crippen LogP contribution in [0.4, 0.5) is 5.69 Å². The number of H-pyrrole nitrogens is 1. The van der Waals surface area contributed by atoms with Crippen LogP contribution < -0.4 is 10.6 Å². The number of oxazole rings is 1. The molecule has 0 radical (unpaired) electrons. The van der Waals surface area contributed by atoms with Gasteiger partial charge in [0.1, 0.15) is 11.5 Å². The fraction of sp³-hybridized carbons (Fsp3) is 0.269. The van der Waals surface area contributed by atoms with E-state index in [4.69, 9.17) is 4.42 Å². The lowest BCUT2D eigenvalue weighted by Crippen LogP contribution is -2.31. The van der Waals surface area contributed by atoms with Crippen molar-refractivity contribution in [1.29, 1.82) is 0 Å². The van der Waals surface area contributed by atoms with E-state index < -0.39 is 0 Å². The Balaban J connectivity index is 1.34. The van der Waals surface area contributed by atoms with Gasteiger partial charge in [-0.15, -0.1) is 0 Å². The Hall–Kier alpha value is -3.87. The summed E-state index contributed by atoms with van der Waals surface area (Å²) in [5.74, 6) is 0.676. The predicted octanol–water partition coefficient (Wildman–Crippen LogP) is 4.83. The Bertz CT molecular complexity index is 1350. The van der Waals surface area contributed by atoms with Crippen LogP contribution in [0.5, 0.6) is 0 Å².